The maximum Gasteiger partial charge on any atom is 0.287 e. The maximum absolute atomic E-state index is 10.4. The molecule has 15 heavy (non-hydrogen) atoms. The molecule has 0 bridgehead atoms. The topological polar surface area (TPSA) is 56.0 Å². The van der Waals surface area contributed by atoms with Crippen LogP contribution < -0.4 is 0 Å². The predicted molar refractivity (Wildman–Crippen MR) is 60.9 cm³/mol. The highest BCUT2D eigenvalue weighted by atomic mass is 79.9. The van der Waals surface area contributed by atoms with Crippen LogP contribution in [0.15, 0.2) is 12.3 Å². The van der Waals surface area contributed by atoms with Gasteiger partial charge >= 0.3 is 0 Å². The second-order valence-corrected chi connectivity index (χ2v) is 3.65. The number of rotatable bonds is 2. The van der Waals surface area contributed by atoms with E-state index in [2.05, 4.69) is 32.8 Å². The Kier molecular flexibility index (Phi) is 4.25. The third kappa shape index (κ3) is 3.33. The summed E-state index contributed by atoms with van der Waals surface area (Å²) in [6.07, 6.45) is 1.96. The number of hydrogen-bond acceptors (Lipinski definition) is 3. The van der Waals surface area contributed by atoms with Crippen molar-refractivity contribution in [3.63, 3.8) is 0 Å². The van der Waals surface area contributed by atoms with Crippen LogP contribution in [0.2, 0.25) is 0 Å². The van der Waals surface area contributed by atoms with Gasteiger partial charge in [-0.2, -0.15) is 0 Å². The van der Waals surface area contributed by atoms with Crippen LogP contribution in [0.3, 0.4) is 0 Å². The Hall–Kier alpha value is -1.41. The summed E-state index contributed by atoms with van der Waals surface area (Å²) < 4.78 is 0. The molecule has 0 aliphatic heterocycles. The summed E-state index contributed by atoms with van der Waals surface area (Å²) in [5.74, 6) is 5.78. The lowest BCUT2D eigenvalue weighted by Crippen LogP contribution is -1.93. The Balaban J connectivity index is 2.95. The Morgan fingerprint density at radius 1 is 1.67 bits per heavy atom. The molecule has 1 aromatic rings. The van der Waals surface area contributed by atoms with Gasteiger partial charge in [-0.05, 0) is 18.4 Å². The average Bonchev–Trinajstić information content (AvgIpc) is 2.20. The number of hydrogen-bond donors (Lipinski definition) is 0. The fourth-order valence-electron chi connectivity index (χ4n) is 0.984. The van der Waals surface area contributed by atoms with E-state index in [4.69, 9.17) is 0 Å². The third-order valence-corrected chi connectivity index (χ3v) is 2.10. The molecule has 1 heterocycles. The lowest BCUT2D eigenvalue weighted by atomic mass is 10.2. The van der Waals surface area contributed by atoms with Gasteiger partial charge in [-0.1, -0.05) is 21.9 Å². The molecule has 0 fully saturated rings. The molecule has 0 aliphatic carbocycles. The molecule has 0 saturated heterocycles. The van der Waals surface area contributed by atoms with Crippen molar-refractivity contribution in [2.75, 3.05) is 5.33 Å². The smallest absolute Gasteiger partial charge is 0.258 e. The highest BCUT2D eigenvalue weighted by molar-refractivity contribution is 9.09. The van der Waals surface area contributed by atoms with Crippen LogP contribution >= 0.6 is 15.9 Å². The van der Waals surface area contributed by atoms with Crippen LogP contribution in [0.25, 0.3) is 0 Å². The van der Waals surface area contributed by atoms with Gasteiger partial charge < -0.3 is 0 Å². The first kappa shape index (κ1) is 11.7. The lowest BCUT2D eigenvalue weighted by molar-refractivity contribution is -0.385. The van der Waals surface area contributed by atoms with Crippen molar-refractivity contribution in [2.24, 2.45) is 0 Å². The molecule has 0 atom stereocenters. The van der Waals surface area contributed by atoms with E-state index in [1.54, 1.807) is 6.92 Å². The zero-order valence-electron chi connectivity index (χ0n) is 8.16. The lowest BCUT2D eigenvalue weighted by Gasteiger charge is -1.96. The summed E-state index contributed by atoms with van der Waals surface area (Å²) in [6, 6.07) is 1.48. The maximum atomic E-state index is 10.4. The molecule has 5 heteroatoms. The van der Waals surface area contributed by atoms with Crippen molar-refractivity contribution < 1.29 is 4.92 Å². The summed E-state index contributed by atoms with van der Waals surface area (Å²) in [6.45, 7) is 1.76. The van der Waals surface area contributed by atoms with Crippen LogP contribution in [-0.4, -0.2) is 15.2 Å². The van der Waals surface area contributed by atoms with Crippen molar-refractivity contribution in [1.29, 1.82) is 0 Å². The van der Waals surface area contributed by atoms with Gasteiger partial charge in [0.15, 0.2) is 0 Å². The standard InChI is InChI=1S/C10H9BrN2O2/c1-8-6-9(13(14)15)7-12-10(8)4-2-3-5-11/h6-7H,3,5H2,1H3. The monoisotopic (exact) mass is 268 g/mol. The van der Waals surface area contributed by atoms with Gasteiger partial charge in [-0.15, -0.1) is 0 Å². The summed E-state index contributed by atoms with van der Waals surface area (Å²) in [5, 5.41) is 11.3. The van der Waals surface area contributed by atoms with E-state index in [0.717, 1.165) is 17.3 Å². The van der Waals surface area contributed by atoms with Crippen LogP contribution in [-0.2, 0) is 0 Å². The van der Waals surface area contributed by atoms with Gasteiger partial charge in [0.1, 0.15) is 11.9 Å². The Labute approximate surface area is 96.0 Å². The number of aromatic nitrogens is 1. The quantitative estimate of drug-likeness (QED) is 0.358. The highest BCUT2D eigenvalue weighted by Gasteiger charge is 2.07. The predicted octanol–water partition coefficient (Wildman–Crippen LogP) is 2.43. The molecule has 1 rings (SSSR count). The van der Waals surface area contributed by atoms with Crippen LogP contribution in [0, 0.1) is 28.9 Å². The normalized spacial score (nSPS) is 9.20. The van der Waals surface area contributed by atoms with Crippen LogP contribution in [0.4, 0.5) is 5.69 Å². The second kappa shape index (κ2) is 5.47. The number of alkyl halides is 1. The molecule has 78 valence electrons. The molecule has 0 aliphatic rings. The first-order valence-corrected chi connectivity index (χ1v) is 5.43. The molecule has 0 amide bonds. The fourth-order valence-corrected chi connectivity index (χ4v) is 1.18. The van der Waals surface area contributed by atoms with E-state index in [9.17, 15) is 10.1 Å². The Bertz CT molecular complexity index is 435. The van der Waals surface area contributed by atoms with Gasteiger partial charge in [0.05, 0.1) is 4.92 Å². The van der Waals surface area contributed by atoms with Crippen LogP contribution in [0.5, 0.6) is 0 Å². The van der Waals surface area contributed by atoms with E-state index < -0.39 is 4.92 Å². The van der Waals surface area contributed by atoms with Crippen molar-refractivity contribution in [1.82, 2.24) is 4.98 Å². The summed E-state index contributed by atoms with van der Waals surface area (Å²) in [4.78, 5) is 13.9. The van der Waals surface area contributed by atoms with Gasteiger partial charge in [-0.25, -0.2) is 4.98 Å². The molecular formula is C10H9BrN2O2. The first-order chi connectivity index (χ1) is 7.15. The first-order valence-electron chi connectivity index (χ1n) is 4.31. The minimum Gasteiger partial charge on any atom is -0.258 e. The third-order valence-electron chi connectivity index (χ3n) is 1.70. The molecule has 0 spiro atoms. The second-order valence-electron chi connectivity index (χ2n) is 2.86. The SMILES string of the molecule is Cc1cc([N+](=O)[O-])cnc1C#CCCBr. The van der Waals surface area contributed by atoms with Gasteiger partial charge in [0.25, 0.3) is 5.69 Å². The summed E-state index contributed by atoms with van der Waals surface area (Å²) >= 11 is 3.26. The van der Waals surface area contributed by atoms with E-state index in [1.807, 2.05) is 0 Å². The van der Waals surface area contributed by atoms with Crippen molar-refractivity contribution in [3.05, 3.63) is 33.6 Å². The Morgan fingerprint density at radius 3 is 2.93 bits per heavy atom. The minimum atomic E-state index is -0.463. The van der Waals surface area contributed by atoms with Gasteiger partial charge in [0.2, 0.25) is 0 Å². The van der Waals surface area contributed by atoms with E-state index in [-0.39, 0.29) is 5.69 Å². The van der Waals surface area contributed by atoms with E-state index >= 15 is 0 Å². The average molecular weight is 269 g/mol. The fraction of sp³-hybridized carbons (Fsp3) is 0.300. The molecule has 0 unspecified atom stereocenters. The molecule has 1 aromatic heterocycles. The Morgan fingerprint density at radius 2 is 2.40 bits per heavy atom. The molecule has 0 saturated carbocycles. The highest BCUT2D eigenvalue weighted by Crippen LogP contribution is 2.13. The van der Waals surface area contributed by atoms with Crippen molar-refractivity contribution in [3.8, 4) is 11.8 Å². The van der Waals surface area contributed by atoms with Crippen molar-refractivity contribution in [2.45, 2.75) is 13.3 Å². The molecular weight excluding hydrogens is 260 g/mol. The number of halogens is 1. The summed E-state index contributed by atoms with van der Waals surface area (Å²) in [7, 11) is 0. The molecule has 0 radical (unpaired) electrons. The molecule has 0 aromatic carbocycles. The number of nitrogens with zero attached hydrogens (tertiary/aromatic N) is 2. The van der Waals surface area contributed by atoms with E-state index in [0.29, 0.717) is 5.69 Å². The zero-order valence-corrected chi connectivity index (χ0v) is 9.74. The number of pyridine rings is 1. The number of nitro groups is 1. The molecule has 0 N–H and O–H groups in total. The van der Waals surface area contributed by atoms with Gasteiger partial charge in [-0.3, -0.25) is 10.1 Å². The largest absolute Gasteiger partial charge is 0.287 e. The minimum absolute atomic E-state index is 0.00135. The van der Waals surface area contributed by atoms with Crippen molar-refractivity contribution >= 4 is 21.6 Å². The summed E-state index contributed by atoms with van der Waals surface area (Å²) in [5.41, 5.74) is 1.33. The van der Waals surface area contributed by atoms with E-state index in [1.165, 1.54) is 12.3 Å². The van der Waals surface area contributed by atoms with Gasteiger partial charge in [0, 0.05) is 17.8 Å². The number of aryl methyl sites for hydroxylation is 1. The molecule has 4 nitrogen and oxygen atoms in total. The zero-order chi connectivity index (χ0) is 11.3. The van der Waals surface area contributed by atoms with Crippen LogP contribution in [0.1, 0.15) is 17.7 Å².